The molecule has 5 rings (SSSR count). The molecule has 1 fully saturated rings. The number of hydrogen-bond acceptors (Lipinski definition) is 6. The zero-order valence-electron chi connectivity index (χ0n) is 26.6. The Balaban J connectivity index is 1.34. The Bertz CT molecular complexity index is 1800. The molecule has 250 valence electrons. The number of fused-ring (bicyclic) bond motifs is 1. The van der Waals surface area contributed by atoms with Gasteiger partial charge in [-0.25, -0.2) is 9.59 Å². The van der Waals surface area contributed by atoms with E-state index in [0.717, 1.165) is 21.6 Å². The third-order valence-electron chi connectivity index (χ3n) is 8.78. The predicted octanol–water partition coefficient (Wildman–Crippen LogP) is 4.16. The van der Waals surface area contributed by atoms with Gasteiger partial charge in [-0.1, -0.05) is 42.3 Å². The summed E-state index contributed by atoms with van der Waals surface area (Å²) in [7, 11) is 1.61. The fourth-order valence-corrected chi connectivity index (χ4v) is 6.48. The Morgan fingerprint density at radius 1 is 1.06 bits per heavy atom. The summed E-state index contributed by atoms with van der Waals surface area (Å²) >= 11 is 12.7. The van der Waals surface area contributed by atoms with Crippen LogP contribution >= 0.6 is 23.2 Å². The number of amides is 4. The number of halogens is 2. The van der Waals surface area contributed by atoms with E-state index in [1.807, 2.05) is 23.1 Å². The normalized spacial score (nSPS) is 15.8. The Labute approximate surface area is 282 Å². The van der Waals surface area contributed by atoms with Crippen LogP contribution in [0, 0.1) is 0 Å². The summed E-state index contributed by atoms with van der Waals surface area (Å²) in [5, 5.41) is 6.09. The fourth-order valence-electron chi connectivity index (χ4n) is 6.07. The minimum Gasteiger partial charge on any atom is -0.497 e. The first-order valence-corrected chi connectivity index (χ1v) is 16.4. The van der Waals surface area contributed by atoms with Gasteiger partial charge in [0.15, 0.2) is 0 Å². The lowest BCUT2D eigenvalue weighted by Gasteiger charge is -2.38. The van der Waals surface area contributed by atoms with E-state index < -0.39 is 17.3 Å². The predicted molar refractivity (Wildman–Crippen MR) is 180 cm³/mol. The van der Waals surface area contributed by atoms with Gasteiger partial charge in [-0.3, -0.25) is 23.5 Å². The fraction of sp³-hybridized carbons (Fsp3) is 0.424. The number of benzene rings is 2. The summed E-state index contributed by atoms with van der Waals surface area (Å²) in [4.78, 5) is 69.5. The highest BCUT2D eigenvalue weighted by atomic mass is 35.5. The molecule has 2 N–H and O–H groups in total. The van der Waals surface area contributed by atoms with Gasteiger partial charge in [0.2, 0.25) is 11.8 Å². The van der Waals surface area contributed by atoms with Crippen molar-refractivity contribution in [2.75, 3.05) is 38.6 Å². The molecule has 2 aromatic carbocycles. The zero-order chi connectivity index (χ0) is 33.8. The number of ether oxygens (including phenoxy) is 1. The molecule has 1 atom stereocenters. The highest BCUT2D eigenvalue weighted by molar-refractivity contribution is 6.43. The topological polar surface area (TPSA) is 135 Å². The van der Waals surface area contributed by atoms with Gasteiger partial charge in [0.1, 0.15) is 12.3 Å². The van der Waals surface area contributed by atoms with E-state index in [1.165, 1.54) is 10.8 Å². The Morgan fingerprint density at radius 2 is 1.81 bits per heavy atom. The largest absolute Gasteiger partial charge is 0.497 e. The van der Waals surface area contributed by atoms with Gasteiger partial charge in [-0.15, -0.1) is 0 Å². The molecule has 2 aliphatic rings. The molecule has 3 aromatic rings. The molecule has 1 aromatic heterocycles. The maximum Gasteiger partial charge on any atom is 0.331 e. The van der Waals surface area contributed by atoms with Gasteiger partial charge < -0.3 is 25.2 Å². The smallest absolute Gasteiger partial charge is 0.331 e. The number of rotatable bonds is 9. The van der Waals surface area contributed by atoms with Gasteiger partial charge in [-0.05, 0) is 56.0 Å². The molecule has 0 spiro atoms. The molecule has 1 saturated heterocycles. The van der Waals surface area contributed by atoms with Crippen molar-refractivity contribution in [1.29, 1.82) is 0 Å². The molecule has 1 unspecified atom stereocenters. The van der Waals surface area contributed by atoms with Crippen molar-refractivity contribution in [3.8, 4) is 16.9 Å². The van der Waals surface area contributed by atoms with Crippen molar-refractivity contribution >= 4 is 46.7 Å². The Morgan fingerprint density at radius 3 is 2.51 bits per heavy atom. The van der Waals surface area contributed by atoms with Crippen LogP contribution < -0.4 is 26.6 Å². The molecule has 4 amide bonds. The monoisotopic (exact) mass is 684 g/mol. The van der Waals surface area contributed by atoms with Crippen LogP contribution in [-0.4, -0.2) is 76.1 Å². The Kier molecular flexibility index (Phi) is 10.6. The number of urea groups is 1. The highest BCUT2D eigenvalue weighted by Gasteiger charge is 2.32. The van der Waals surface area contributed by atoms with Gasteiger partial charge >= 0.3 is 11.7 Å². The number of anilines is 1. The van der Waals surface area contributed by atoms with Crippen LogP contribution in [0.4, 0.5) is 10.5 Å². The molecule has 47 heavy (non-hydrogen) atoms. The van der Waals surface area contributed by atoms with E-state index in [9.17, 15) is 24.0 Å². The first-order chi connectivity index (χ1) is 22.5. The molecule has 3 heterocycles. The van der Waals surface area contributed by atoms with Crippen LogP contribution in [-0.2, 0) is 22.6 Å². The number of methoxy groups -OCH3 is 1. The average Bonchev–Trinajstić information content (AvgIpc) is 3.23. The van der Waals surface area contributed by atoms with E-state index in [4.69, 9.17) is 27.9 Å². The van der Waals surface area contributed by atoms with Gasteiger partial charge in [0.25, 0.3) is 5.56 Å². The molecule has 2 aliphatic heterocycles. The summed E-state index contributed by atoms with van der Waals surface area (Å²) in [6.07, 6.45) is 3.41. The number of piperidine rings is 1. The summed E-state index contributed by atoms with van der Waals surface area (Å²) in [6, 6.07) is 9.48. The molecule has 0 radical (unpaired) electrons. The van der Waals surface area contributed by atoms with Crippen LogP contribution in [0.3, 0.4) is 0 Å². The Hall–Kier alpha value is -4.29. The maximum absolute atomic E-state index is 13.7. The van der Waals surface area contributed by atoms with Crippen LogP contribution in [0.5, 0.6) is 5.75 Å². The van der Waals surface area contributed by atoms with Crippen LogP contribution in [0.2, 0.25) is 10.0 Å². The molecular formula is C33H38Cl2N6O6. The molecule has 12 nitrogen and oxygen atoms in total. The molecule has 0 saturated carbocycles. The molecule has 0 bridgehead atoms. The SMILES string of the molecule is CCC(=O)NCC(C)n1c(=O)c(-c2cccc(Cl)c2Cl)cn(CC(=O)N2CCC(N3CCc4cc(OC)ccc4NC3=O)CC2)c1=O. The lowest BCUT2D eigenvalue weighted by atomic mass is 10.0. The van der Waals surface area contributed by atoms with Gasteiger partial charge in [-0.2, -0.15) is 0 Å². The average molecular weight is 686 g/mol. The molecular weight excluding hydrogens is 647 g/mol. The number of nitrogens with zero attached hydrogens (tertiary/aromatic N) is 4. The second-order valence-corrected chi connectivity index (χ2v) is 12.5. The zero-order valence-corrected chi connectivity index (χ0v) is 28.1. The number of likely N-dealkylation sites (tertiary alicyclic amines) is 1. The second kappa shape index (κ2) is 14.6. The van der Waals surface area contributed by atoms with Gasteiger partial charge in [0.05, 0.1) is 28.8 Å². The quantitative estimate of drug-likeness (QED) is 0.348. The van der Waals surface area contributed by atoms with Crippen molar-refractivity contribution in [2.45, 2.75) is 58.2 Å². The number of hydrogen-bond donors (Lipinski definition) is 2. The van der Waals surface area contributed by atoms with Crippen LogP contribution in [0.15, 0.2) is 52.2 Å². The van der Waals surface area contributed by atoms with E-state index in [0.29, 0.717) is 44.5 Å². The molecule has 0 aliphatic carbocycles. The second-order valence-electron chi connectivity index (χ2n) is 11.7. The van der Waals surface area contributed by atoms with E-state index in [2.05, 4.69) is 10.6 Å². The van der Waals surface area contributed by atoms with Crippen molar-refractivity contribution in [3.63, 3.8) is 0 Å². The lowest BCUT2D eigenvalue weighted by molar-refractivity contribution is -0.133. The molecule has 14 heteroatoms. The third kappa shape index (κ3) is 7.33. The van der Waals surface area contributed by atoms with Crippen molar-refractivity contribution in [1.82, 2.24) is 24.3 Å². The van der Waals surface area contributed by atoms with E-state index >= 15 is 0 Å². The van der Waals surface area contributed by atoms with Crippen LogP contribution in [0.25, 0.3) is 11.1 Å². The number of carbonyl (C=O) groups is 3. The standard InChI is InChI=1S/C33H38Cl2N6O6/c1-4-28(42)36-17-20(2)41-31(44)25(24-6-5-7-26(34)30(24)35)18-39(33(41)46)19-29(43)38-13-11-22(12-14-38)40-15-10-21-16-23(47-3)8-9-27(21)37-32(40)45/h5-9,16,18,20,22H,4,10-15,17,19H2,1-3H3,(H,36,42)(H,37,45). The van der Waals surface area contributed by atoms with Gasteiger partial charge in [0, 0.05) is 56.1 Å². The maximum atomic E-state index is 13.7. The van der Waals surface area contributed by atoms with Crippen molar-refractivity contribution < 1.29 is 19.1 Å². The number of aromatic nitrogens is 2. The summed E-state index contributed by atoms with van der Waals surface area (Å²) < 4.78 is 7.57. The summed E-state index contributed by atoms with van der Waals surface area (Å²) in [5.41, 5.74) is 0.886. The lowest BCUT2D eigenvalue weighted by Crippen LogP contribution is -2.51. The number of carbonyl (C=O) groups excluding carboxylic acids is 3. The van der Waals surface area contributed by atoms with Crippen molar-refractivity contribution in [2.24, 2.45) is 0 Å². The third-order valence-corrected chi connectivity index (χ3v) is 9.60. The minimum absolute atomic E-state index is 0.0404. The first kappa shape index (κ1) is 34.1. The van der Waals surface area contributed by atoms with Crippen LogP contribution in [0.1, 0.15) is 44.7 Å². The minimum atomic E-state index is -0.715. The van der Waals surface area contributed by atoms with E-state index in [1.54, 1.807) is 44.1 Å². The first-order valence-electron chi connectivity index (χ1n) is 15.6. The summed E-state index contributed by atoms with van der Waals surface area (Å²) in [6.45, 7) is 4.40. The van der Waals surface area contributed by atoms with E-state index in [-0.39, 0.29) is 59.0 Å². The van der Waals surface area contributed by atoms with Crippen molar-refractivity contribution in [3.05, 3.63) is 79.0 Å². The number of nitrogens with one attached hydrogen (secondary N) is 2. The summed E-state index contributed by atoms with van der Waals surface area (Å²) in [5.74, 6) is 0.208. The highest BCUT2D eigenvalue weighted by Crippen LogP contribution is 2.32.